The molecule has 4 heteroatoms. The van der Waals surface area contributed by atoms with Gasteiger partial charge in [-0.25, -0.2) is 0 Å². The van der Waals surface area contributed by atoms with Crippen LogP contribution in [0.15, 0.2) is 0 Å². The Morgan fingerprint density at radius 2 is 1.41 bits per heavy atom. The van der Waals surface area contributed by atoms with Gasteiger partial charge < -0.3 is 14.9 Å². The highest BCUT2D eigenvalue weighted by molar-refractivity contribution is 5.65. The predicted octanol–water partition coefficient (Wildman–Crippen LogP) is 3.44. The van der Waals surface area contributed by atoms with Crippen LogP contribution in [0.3, 0.4) is 0 Å². The third kappa shape index (κ3) is 5.88. The van der Waals surface area contributed by atoms with E-state index in [0.29, 0.717) is 18.4 Å². The summed E-state index contributed by atoms with van der Waals surface area (Å²) < 4.78 is 4.40. The highest BCUT2D eigenvalue weighted by atomic mass is 16.5. The molecule has 2 rings (SSSR count). The standard InChI is InChI=1S/C14H26O2.C4H8O2/c15-11-14(16,12-7-3-1-4-8-12)13-9-5-2-6-10-13;1-3-6-4(2)5/h12-13,15-16H,1-11H2;3H2,1-2H3. The average Bonchev–Trinajstić information content (AvgIpc) is 2.56. The van der Waals surface area contributed by atoms with E-state index in [9.17, 15) is 15.0 Å². The van der Waals surface area contributed by atoms with Crippen molar-refractivity contribution in [2.75, 3.05) is 13.2 Å². The highest BCUT2D eigenvalue weighted by Crippen LogP contribution is 2.42. The van der Waals surface area contributed by atoms with Gasteiger partial charge >= 0.3 is 5.97 Å². The fourth-order valence-corrected chi connectivity index (χ4v) is 4.00. The Morgan fingerprint density at radius 3 is 1.64 bits per heavy atom. The van der Waals surface area contributed by atoms with Gasteiger partial charge in [0.1, 0.15) is 0 Å². The SMILES string of the molecule is CCOC(C)=O.OCC(O)(C1CCCCC1)C1CCCCC1. The van der Waals surface area contributed by atoms with Crippen molar-refractivity contribution in [3.05, 3.63) is 0 Å². The summed E-state index contributed by atoms with van der Waals surface area (Å²) in [5.74, 6) is 0.501. The van der Waals surface area contributed by atoms with Gasteiger partial charge in [-0.1, -0.05) is 38.5 Å². The van der Waals surface area contributed by atoms with E-state index >= 15 is 0 Å². The summed E-state index contributed by atoms with van der Waals surface area (Å²) in [5, 5.41) is 20.5. The molecule has 130 valence electrons. The smallest absolute Gasteiger partial charge is 0.302 e. The molecule has 0 aliphatic heterocycles. The zero-order valence-corrected chi connectivity index (χ0v) is 14.4. The fraction of sp³-hybridized carbons (Fsp3) is 0.944. The Kier molecular flexibility index (Phi) is 9.03. The van der Waals surface area contributed by atoms with Crippen LogP contribution in [0.4, 0.5) is 0 Å². The molecule has 2 aliphatic carbocycles. The lowest BCUT2D eigenvalue weighted by molar-refractivity contribution is -0.140. The predicted molar refractivity (Wildman–Crippen MR) is 87.5 cm³/mol. The van der Waals surface area contributed by atoms with Gasteiger partial charge in [-0.3, -0.25) is 4.79 Å². The first-order chi connectivity index (χ1) is 10.5. The zero-order chi connectivity index (χ0) is 16.4. The summed E-state index contributed by atoms with van der Waals surface area (Å²) in [6, 6.07) is 0. The Morgan fingerprint density at radius 1 is 1.00 bits per heavy atom. The number of ether oxygens (including phenoxy) is 1. The normalized spacial score (nSPS) is 20.9. The molecule has 0 saturated heterocycles. The van der Waals surface area contributed by atoms with Gasteiger partial charge in [0, 0.05) is 6.92 Å². The first-order valence-electron chi connectivity index (χ1n) is 9.01. The van der Waals surface area contributed by atoms with Crippen LogP contribution in [-0.4, -0.2) is 35.0 Å². The third-order valence-corrected chi connectivity index (χ3v) is 5.23. The van der Waals surface area contributed by atoms with E-state index in [0.717, 1.165) is 25.7 Å². The summed E-state index contributed by atoms with van der Waals surface area (Å²) in [5.41, 5.74) is -0.763. The first-order valence-corrected chi connectivity index (χ1v) is 9.01. The average molecular weight is 314 g/mol. The van der Waals surface area contributed by atoms with Gasteiger partial charge in [0.2, 0.25) is 0 Å². The molecule has 4 nitrogen and oxygen atoms in total. The molecule has 0 unspecified atom stereocenters. The van der Waals surface area contributed by atoms with Crippen molar-refractivity contribution >= 4 is 5.97 Å². The van der Waals surface area contributed by atoms with E-state index in [1.54, 1.807) is 6.92 Å². The largest absolute Gasteiger partial charge is 0.466 e. The molecule has 0 aromatic carbocycles. The highest BCUT2D eigenvalue weighted by Gasteiger charge is 2.43. The van der Waals surface area contributed by atoms with Crippen LogP contribution < -0.4 is 0 Å². The number of carbonyl (C=O) groups excluding carboxylic acids is 1. The summed E-state index contributed by atoms with van der Waals surface area (Å²) in [4.78, 5) is 9.82. The van der Waals surface area contributed by atoms with Crippen molar-refractivity contribution in [2.45, 2.75) is 83.7 Å². The Hall–Kier alpha value is -0.610. The minimum absolute atomic E-state index is 0.0255. The Bertz CT molecular complexity index is 286. The minimum Gasteiger partial charge on any atom is -0.466 e. The number of aliphatic hydroxyl groups is 2. The third-order valence-electron chi connectivity index (χ3n) is 5.23. The van der Waals surface area contributed by atoms with Crippen LogP contribution in [0.5, 0.6) is 0 Å². The van der Waals surface area contributed by atoms with Crippen LogP contribution in [0.1, 0.15) is 78.1 Å². The van der Waals surface area contributed by atoms with Crippen molar-refractivity contribution in [2.24, 2.45) is 11.8 Å². The number of aliphatic hydroxyl groups excluding tert-OH is 1. The number of hydrogen-bond donors (Lipinski definition) is 2. The molecular formula is C18H34O4. The first kappa shape index (κ1) is 19.4. The van der Waals surface area contributed by atoms with Gasteiger partial charge in [-0.05, 0) is 44.4 Å². The summed E-state index contributed by atoms with van der Waals surface area (Å²) in [7, 11) is 0. The van der Waals surface area contributed by atoms with Crippen molar-refractivity contribution in [1.29, 1.82) is 0 Å². The molecule has 2 N–H and O–H groups in total. The van der Waals surface area contributed by atoms with Crippen molar-refractivity contribution in [3.8, 4) is 0 Å². The summed E-state index contributed by atoms with van der Waals surface area (Å²) in [6.07, 6.45) is 12.0. The lowest BCUT2D eigenvalue weighted by Gasteiger charge is -2.44. The van der Waals surface area contributed by atoms with Gasteiger partial charge in [0.25, 0.3) is 0 Å². The molecule has 22 heavy (non-hydrogen) atoms. The number of esters is 1. The number of hydrogen-bond acceptors (Lipinski definition) is 4. The van der Waals surface area contributed by atoms with Crippen LogP contribution in [-0.2, 0) is 9.53 Å². The fourth-order valence-electron chi connectivity index (χ4n) is 4.00. The second kappa shape index (κ2) is 10.2. The number of rotatable bonds is 4. The molecule has 0 radical (unpaired) electrons. The Labute approximate surface area is 135 Å². The van der Waals surface area contributed by atoms with Crippen molar-refractivity contribution < 1.29 is 19.7 Å². The molecule has 2 fully saturated rings. The summed E-state index contributed by atoms with van der Waals surface area (Å²) in [6.45, 7) is 3.63. The Balaban J connectivity index is 0.000000346. The van der Waals surface area contributed by atoms with Gasteiger partial charge in [0.05, 0.1) is 18.8 Å². The van der Waals surface area contributed by atoms with Gasteiger partial charge in [0.15, 0.2) is 0 Å². The van der Waals surface area contributed by atoms with Crippen molar-refractivity contribution in [1.82, 2.24) is 0 Å². The van der Waals surface area contributed by atoms with Crippen molar-refractivity contribution in [3.63, 3.8) is 0 Å². The molecule has 0 amide bonds. The molecule has 0 heterocycles. The van der Waals surface area contributed by atoms with Crippen LogP contribution in [0, 0.1) is 11.8 Å². The van der Waals surface area contributed by atoms with E-state index in [1.807, 2.05) is 0 Å². The van der Waals surface area contributed by atoms with Crippen LogP contribution >= 0.6 is 0 Å². The molecular weight excluding hydrogens is 280 g/mol. The number of carbonyl (C=O) groups is 1. The molecule has 2 aliphatic rings. The maximum absolute atomic E-state index is 10.8. The summed E-state index contributed by atoms with van der Waals surface area (Å²) >= 11 is 0. The lowest BCUT2D eigenvalue weighted by atomic mass is 9.67. The zero-order valence-electron chi connectivity index (χ0n) is 14.4. The van der Waals surface area contributed by atoms with E-state index in [4.69, 9.17) is 0 Å². The van der Waals surface area contributed by atoms with E-state index in [-0.39, 0.29) is 12.6 Å². The topological polar surface area (TPSA) is 66.8 Å². The van der Waals surface area contributed by atoms with E-state index in [1.165, 1.54) is 45.4 Å². The molecule has 0 spiro atoms. The van der Waals surface area contributed by atoms with E-state index in [2.05, 4.69) is 4.74 Å². The van der Waals surface area contributed by atoms with E-state index < -0.39 is 5.60 Å². The minimum atomic E-state index is -0.763. The quantitative estimate of drug-likeness (QED) is 0.780. The molecule has 0 aromatic rings. The second-order valence-electron chi connectivity index (χ2n) is 6.74. The molecule has 0 aromatic heterocycles. The molecule has 2 saturated carbocycles. The second-order valence-corrected chi connectivity index (χ2v) is 6.74. The van der Waals surface area contributed by atoms with Crippen LogP contribution in [0.25, 0.3) is 0 Å². The van der Waals surface area contributed by atoms with Gasteiger partial charge in [-0.15, -0.1) is 0 Å². The maximum atomic E-state index is 10.8. The lowest BCUT2D eigenvalue weighted by Crippen LogP contribution is -2.49. The molecule has 0 bridgehead atoms. The van der Waals surface area contributed by atoms with Crippen LogP contribution in [0.2, 0.25) is 0 Å². The monoisotopic (exact) mass is 314 g/mol. The maximum Gasteiger partial charge on any atom is 0.302 e. The molecule has 0 atom stereocenters. The van der Waals surface area contributed by atoms with Gasteiger partial charge in [-0.2, -0.15) is 0 Å².